The summed E-state index contributed by atoms with van der Waals surface area (Å²) in [6.45, 7) is 0.426. The Morgan fingerprint density at radius 2 is 1.87 bits per heavy atom. The first-order valence-corrected chi connectivity index (χ1v) is 7.95. The van der Waals surface area contributed by atoms with E-state index < -0.39 is 10.0 Å². The van der Waals surface area contributed by atoms with E-state index in [1.54, 1.807) is 0 Å². The van der Waals surface area contributed by atoms with Crippen LogP contribution in [-0.2, 0) is 10.0 Å². The van der Waals surface area contributed by atoms with Gasteiger partial charge < -0.3 is 5.11 Å². The van der Waals surface area contributed by atoms with Gasteiger partial charge in [0.1, 0.15) is 4.66 Å². The molecule has 0 radical (unpaired) electrons. The zero-order valence-corrected chi connectivity index (χ0v) is 11.1. The van der Waals surface area contributed by atoms with Crippen LogP contribution < -0.4 is 4.72 Å². The van der Waals surface area contributed by atoms with Crippen LogP contribution in [0.2, 0.25) is 0 Å². The highest BCUT2D eigenvalue weighted by atomic mass is 79.9. The number of sulfonamides is 1. The van der Waals surface area contributed by atoms with Gasteiger partial charge in [0.2, 0.25) is 10.0 Å². The second kappa shape index (κ2) is 5.61. The molecule has 1 fully saturated rings. The lowest BCUT2D eigenvalue weighted by atomic mass is 9.75. The summed E-state index contributed by atoms with van der Waals surface area (Å²) in [6, 6.07) is 0. The molecule has 0 aromatic carbocycles. The van der Waals surface area contributed by atoms with Crippen LogP contribution in [0.25, 0.3) is 0 Å². The molecule has 0 atom stereocenters. The molecule has 1 aliphatic rings. The molecule has 0 aliphatic heterocycles. The maximum Gasteiger partial charge on any atom is 0.221 e. The van der Waals surface area contributed by atoms with Crippen LogP contribution in [0.1, 0.15) is 32.1 Å². The summed E-state index contributed by atoms with van der Waals surface area (Å²) in [6.07, 6.45) is 5.17. The predicted octanol–water partition coefficient (Wildman–Crippen LogP) is 1.20. The van der Waals surface area contributed by atoms with E-state index >= 15 is 0 Å². The second-order valence-electron chi connectivity index (χ2n) is 4.26. The van der Waals surface area contributed by atoms with Crippen LogP contribution in [0, 0.1) is 5.41 Å². The summed E-state index contributed by atoms with van der Waals surface area (Å²) in [5, 5.41) is 9.36. The van der Waals surface area contributed by atoms with E-state index in [1.807, 2.05) is 0 Å². The first-order valence-electron chi connectivity index (χ1n) is 5.18. The first kappa shape index (κ1) is 13.4. The average molecular weight is 300 g/mol. The minimum atomic E-state index is -3.21. The molecule has 2 N–H and O–H groups in total. The van der Waals surface area contributed by atoms with Crippen molar-refractivity contribution in [1.29, 1.82) is 0 Å². The van der Waals surface area contributed by atoms with Gasteiger partial charge in [0, 0.05) is 18.6 Å². The Kier molecular flexibility index (Phi) is 5.02. The molecule has 4 nitrogen and oxygen atoms in total. The molecular weight excluding hydrogens is 282 g/mol. The quantitative estimate of drug-likeness (QED) is 0.750. The van der Waals surface area contributed by atoms with Crippen LogP contribution in [0.4, 0.5) is 0 Å². The smallest absolute Gasteiger partial charge is 0.221 e. The Bertz CT molecular complexity index is 286. The fourth-order valence-corrected chi connectivity index (χ4v) is 3.08. The van der Waals surface area contributed by atoms with Crippen LogP contribution >= 0.6 is 15.9 Å². The maximum atomic E-state index is 11.3. The van der Waals surface area contributed by atoms with Crippen molar-refractivity contribution in [2.75, 3.05) is 17.8 Å². The highest BCUT2D eigenvalue weighted by Gasteiger charge is 2.32. The van der Waals surface area contributed by atoms with E-state index in [0.717, 1.165) is 25.7 Å². The topological polar surface area (TPSA) is 66.4 Å². The zero-order chi connectivity index (χ0) is 11.4. The van der Waals surface area contributed by atoms with Crippen molar-refractivity contribution in [2.24, 2.45) is 5.41 Å². The van der Waals surface area contributed by atoms with Crippen molar-refractivity contribution in [3.63, 3.8) is 0 Å². The van der Waals surface area contributed by atoms with Crippen molar-refractivity contribution >= 4 is 26.0 Å². The number of aliphatic hydroxyl groups excluding tert-OH is 1. The van der Waals surface area contributed by atoms with Gasteiger partial charge in [0.15, 0.2) is 0 Å². The summed E-state index contributed by atoms with van der Waals surface area (Å²) in [5.74, 6) is 0. The number of halogens is 1. The van der Waals surface area contributed by atoms with Gasteiger partial charge in [-0.25, -0.2) is 13.1 Å². The van der Waals surface area contributed by atoms with Crippen molar-refractivity contribution in [3.05, 3.63) is 0 Å². The van der Waals surface area contributed by atoms with Gasteiger partial charge in [0.25, 0.3) is 0 Å². The van der Waals surface area contributed by atoms with Crippen molar-refractivity contribution < 1.29 is 13.5 Å². The molecule has 90 valence electrons. The van der Waals surface area contributed by atoms with E-state index in [-0.39, 0.29) is 16.7 Å². The third kappa shape index (κ3) is 4.01. The molecule has 0 unspecified atom stereocenters. The Labute approximate surface area is 99.6 Å². The first-order chi connectivity index (χ1) is 7.04. The van der Waals surface area contributed by atoms with E-state index in [4.69, 9.17) is 0 Å². The highest BCUT2D eigenvalue weighted by molar-refractivity contribution is 9.10. The zero-order valence-electron chi connectivity index (χ0n) is 8.71. The number of aliphatic hydroxyl groups is 1. The molecule has 0 aromatic rings. The number of hydrogen-bond acceptors (Lipinski definition) is 3. The van der Waals surface area contributed by atoms with Crippen LogP contribution in [0.5, 0.6) is 0 Å². The van der Waals surface area contributed by atoms with Gasteiger partial charge in [0.05, 0.1) is 0 Å². The fraction of sp³-hybridized carbons (Fsp3) is 1.00. The summed E-state index contributed by atoms with van der Waals surface area (Å²) in [4.78, 5) is 0. The molecule has 1 saturated carbocycles. The van der Waals surface area contributed by atoms with Gasteiger partial charge in [-0.15, -0.1) is 0 Å². The van der Waals surface area contributed by atoms with E-state index in [9.17, 15) is 13.5 Å². The van der Waals surface area contributed by atoms with Crippen LogP contribution in [0.3, 0.4) is 0 Å². The van der Waals surface area contributed by atoms with Gasteiger partial charge in [-0.1, -0.05) is 35.2 Å². The van der Waals surface area contributed by atoms with Gasteiger partial charge in [-0.05, 0) is 12.8 Å². The minimum absolute atomic E-state index is 0.0673. The Morgan fingerprint density at radius 3 is 2.33 bits per heavy atom. The largest absolute Gasteiger partial charge is 0.396 e. The maximum absolute atomic E-state index is 11.3. The summed E-state index contributed by atoms with van der Waals surface area (Å²) in [7, 11) is -3.21. The average Bonchev–Trinajstić information content (AvgIpc) is 2.28. The molecule has 0 spiro atoms. The lowest BCUT2D eigenvalue weighted by Crippen LogP contribution is -2.41. The monoisotopic (exact) mass is 299 g/mol. The molecule has 0 saturated heterocycles. The molecule has 6 heteroatoms. The molecule has 0 heterocycles. The molecule has 0 amide bonds. The van der Waals surface area contributed by atoms with E-state index in [1.165, 1.54) is 6.42 Å². The molecule has 0 aromatic heterocycles. The Hall–Kier alpha value is 0.350. The molecule has 0 bridgehead atoms. The van der Waals surface area contributed by atoms with Gasteiger partial charge in [-0.2, -0.15) is 0 Å². The normalized spacial score (nSPS) is 21.5. The summed E-state index contributed by atoms with van der Waals surface area (Å²) < 4.78 is 25.0. The van der Waals surface area contributed by atoms with E-state index in [0.29, 0.717) is 6.54 Å². The molecule has 1 rings (SSSR count). The third-order valence-electron chi connectivity index (χ3n) is 3.06. The number of hydrogen-bond donors (Lipinski definition) is 2. The third-order valence-corrected chi connectivity index (χ3v) is 5.74. The molecule has 1 aliphatic carbocycles. The number of nitrogens with one attached hydrogen (secondary N) is 1. The lowest BCUT2D eigenvalue weighted by Gasteiger charge is -2.35. The standard InChI is InChI=1S/C9H18BrNO3S/c10-8-15(13,14)11-6-9(7-12)4-2-1-3-5-9/h11-12H,1-8H2. The highest BCUT2D eigenvalue weighted by Crippen LogP contribution is 2.35. The Balaban J connectivity index is 2.53. The molecular formula is C9H18BrNO3S. The summed E-state index contributed by atoms with van der Waals surface area (Å²) >= 11 is 2.92. The van der Waals surface area contributed by atoms with Crippen molar-refractivity contribution in [2.45, 2.75) is 32.1 Å². The second-order valence-corrected chi connectivity index (χ2v) is 7.37. The Morgan fingerprint density at radius 1 is 1.27 bits per heavy atom. The predicted molar refractivity (Wildman–Crippen MR) is 63.3 cm³/mol. The van der Waals surface area contributed by atoms with Gasteiger partial charge >= 0.3 is 0 Å². The van der Waals surface area contributed by atoms with E-state index in [2.05, 4.69) is 20.7 Å². The number of rotatable bonds is 5. The summed E-state index contributed by atoms with van der Waals surface area (Å²) in [5.41, 5.74) is -0.229. The van der Waals surface area contributed by atoms with Crippen LogP contribution in [-0.4, -0.2) is 31.3 Å². The van der Waals surface area contributed by atoms with Crippen molar-refractivity contribution in [1.82, 2.24) is 4.72 Å². The SMILES string of the molecule is O=S(=O)(CBr)NCC1(CO)CCCCC1. The van der Waals surface area contributed by atoms with Crippen LogP contribution in [0.15, 0.2) is 0 Å². The minimum Gasteiger partial charge on any atom is -0.396 e. The van der Waals surface area contributed by atoms with Gasteiger partial charge in [-0.3, -0.25) is 0 Å². The van der Waals surface area contributed by atoms with Crippen molar-refractivity contribution in [3.8, 4) is 0 Å². The number of alkyl halides is 1. The molecule has 15 heavy (non-hydrogen) atoms. The fourth-order valence-electron chi connectivity index (χ4n) is 1.99. The lowest BCUT2D eigenvalue weighted by molar-refractivity contribution is 0.0868.